The van der Waals surface area contributed by atoms with Gasteiger partial charge in [-0.15, -0.1) is 0 Å². The average molecular weight is 907 g/mol. The van der Waals surface area contributed by atoms with Gasteiger partial charge in [-0.2, -0.15) is 0 Å². The molecule has 12 rings (SSSR count). The van der Waals surface area contributed by atoms with Gasteiger partial charge in [0.25, 0.3) is 6.33 Å². The van der Waals surface area contributed by atoms with E-state index in [9.17, 15) is 6.85 Å². The van der Waals surface area contributed by atoms with Crippen LogP contribution in [0.5, 0.6) is 11.5 Å². The molecule has 0 aliphatic rings. The van der Waals surface area contributed by atoms with Crippen molar-refractivity contribution in [3.63, 3.8) is 0 Å². The van der Waals surface area contributed by atoms with Crippen LogP contribution in [0.15, 0.2) is 236 Å². The Morgan fingerprint density at radius 3 is 1.83 bits per heavy atom. The predicted molar refractivity (Wildman–Crippen MR) is 283 cm³/mol. The summed E-state index contributed by atoms with van der Waals surface area (Å²) in [5, 5.41) is 2.01. The van der Waals surface area contributed by atoms with E-state index in [-0.39, 0.29) is 27.8 Å². The highest BCUT2D eigenvalue weighted by atomic mass is 16.5. The zero-order valence-corrected chi connectivity index (χ0v) is 37.3. The van der Waals surface area contributed by atoms with Crippen molar-refractivity contribution in [3.8, 4) is 73.2 Å². The maximum Gasteiger partial charge on any atom is 0.269 e. The number of ether oxygens (including phenoxy) is 1. The topological polar surface area (TPSA) is 35.9 Å². The van der Waals surface area contributed by atoms with E-state index in [0.717, 1.165) is 33.2 Å². The Bertz CT molecular complexity index is 4770. The molecule has 0 aliphatic heterocycles. The summed E-state index contributed by atoms with van der Waals surface area (Å²) in [6.45, 7) is 6.45. The number of para-hydroxylation sites is 4. The van der Waals surface area contributed by atoms with Crippen molar-refractivity contribution < 1.29 is 34.0 Å². The summed E-state index contributed by atoms with van der Waals surface area (Å²) in [5.74, 6) is 1.66. The first kappa shape index (κ1) is 26.5. The molecule has 0 amide bonds. The molecule has 0 radical (unpaired) electrons. The van der Waals surface area contributed by atoms with Crippen molar-refractivity contribution in [3.05, 3.63) is 248 Å². The van der Waals surface area contributed by atoms with Gasteiger partial charge in [0.2, 0.25) is 0 Å². The third-order valence-corrected chi connectivity index (χ3v) is 11.9. The van der Waals surface area contributed by atoms with E-state index in [1.165, 1.54) is 22.8 Å². The molecule has 0 fully saturated rings. The monoisotopic (exact) mass is 906 g/mol. The van der Waals surface area contributed by atoms with Gasteiger partial charge in [-0.25, -0.2) is 4.98 Å². The number of fused-ring (bicyclic) bond motifs is 4. The number of nitrogens with zero attached hydrogens (tertiary/aromatic N) is 4. The van der Waals surface area contributed by atoms with Crippen LogP contribution in [0.25, 0.3) is 94.5 Å². The minimum atomic E-state index is -0.864. The Balaban J connectivity index is 1.12. The van der Waals surface area contributed by atoms with Crippen LogP contribution in [-0.4, -0.2) is 14.1 Å². The first-order chi connectivity index (χ1) is 41.3. The van der Waals surface area contributed by atoms with Gasteiger partial charge in [-0.05, 0) is 122 Å². The zero-order chi connectivity index (χ0) is 62.1. The Labute approximate surface area is 427 Å². The predicted octanol–water partition coefficient (Wildman–Crippen LogP) is 16.0. The first-order valence-electron chi connectivity index (χ1n) is 31.1. The summed E-state index contributed by atoms with van der Waals surface area (Å²) in [5.41, 5.74) is 0.498. The van der Waals surface area contributed by atoms with Crippen LogP contribution in [0.3, 0.4) is 0 Å². The summed E-state index contributed by atoms with van der Waals surface area (Å²) >= 11 is 0. The highest BCUT2D eigenvalue weighted by Crippen LogP contribution is 2.40. The number of hydrogen-bond donors (Lipinski definition) is 0. The normalized spacial score (nSPS) is 15.3. The van der Waals surface area contributed by atoms with Crippen molar-refractivity contribution >= 4 is 32.8 Å². The maximum atomic E-state index is 10.1. The molecular weight excluding hydrogens is 841 g/mol. The lowest BCUT2D eigenvalue weighted by Gasteiger charge is -2.20. The molecule has 0 saturated carbocycles. The smallest absolute Gasteiger partial charge is 0.269 e. The summed E-state index contributed by atoms with van der Waals surface area (Å²) in [4.78, 5) is 4.82. The third kappa shape index (κ3) is 7.74. The molecular formula is C64H48N4O. The van der Waals surface area contributed by atoms with Gasteiger partial charge in [0.1, 0.15) is 17.3 Å². The standard InChI is InChI=1S/C64H48N4O/c1-64(2,3)50-35-36-65-62(40-50)68-58-30-14-13-27-56(58)57-34-33-53(42-61(57)68)69-52-26-17-25-51(41-52)66-43-67(60-32-16-15-31-59(60)66)63-54(46-23-11-6-12-24-46)28-18-29-55(63)49-38-47(44-19-7-4-8-20-44)37-48(39-49)45-21-9-5-10-22-45/h4-42H,1-3H3/i4D,5D,6D,7D,8D,9D,10D,11D,12D,19D,20D,21D,22D,23D,24D,37D,38D,39D. The molecule has 330 valence electrons. The van der Waals surface area contributed by atoms with Gasteiger partial charge < -0.3 is 4.74 Å². The number of hydrogen-bond acceptors (Lipinski definition) is 2. The fourth-order valence-electron chi connectivity index (χ4n) is 8.68. The first-order valence-corrected chi connectivity index (χ1v) is 22.1. The molecule has 69 heavy (non-hydrogen) atoms. The molecule has 0 unspecified atom stereocenters. The molecule has 0 bridgehead atoms. The Morgan fingerprint density at radius 1 is 0.522 bits per heavy atom. The fourth-order valence-corrected chi connectivity index (χ4v) is 8.68. The van der Waals surface area contributed by atoms with Gasteiger partial charge in [-0.3, -0.25) is 13.7 Å². The second-order valence-corrected chi connectivity index (χ2v) is 17.2. The molecule has 5 nitrogen and oxygen atoms in total. The third-order valence-electron chi connectivity index (χ3n) is 11.9. The van der Waals surface area contributed by atoms with Crippen LogP contribution in [0.1, 0.15) is 51.0 Å². The lowest BCUT2D eigenvalue weighted by Crippen LogP contribution is -2.31. The molecule has 12 aromatic rings. The van der Waals surface area contributed by atoms with E-state index in [2.05, 4.69) is 49.9 Å². The van der Waals surface area contributed by atoms with Crippen molar-refractivity contribution in [2.45, 2.75) is 26.2 Å². The number of rotatable bonds is 9. The summed E-state index contributed by atoms with van der Waals surface area (Å²) < 4.78 is 174. The van der Waals surface area contributed by atoms with E-state index in [0.29, 0.717) is 28.2 Å². The lowest BCUT2D eigenvalue weighted by atomic mass is 9.88. The molecule has 0 spiro atoms. The minimum absolute atomic E-state index is 0.0543. The van der Waals surface area contributed by atoms with E-state index in [1.807, 2.05) is 42.6 Å². The highest BCUT2D eigenvalue weighted by Gasteiger charge is 2.22. The molecule has 0 aliphatic carbocycles. The quantitative estimate of drug-likeness (QED) is 0.107. The summed E-state index contributed by atoms with van der Waals surface area (Å²) in [6.07, 6.45) is 5.22. The number of imidazole rings is 1. The molecule has 0 N–H and O–H groups in total. The van der Waals surface area contributed by atoms with E-state index in [1.54, 1.807) is 53.1 Å². The number of pyridine rings is 1. The Kier molecular flexibility index (Phi) is 6.58. The van der Waals surface area contributed by atoms with Crippen molar-refractivity contribution in [1.82, 2.24) is 14.1 Å². The largest absolute Gasteiger partial charge is 0.458 e. The van der Waals surface area contributed by atoms with Gasteiger partial charge in [0.05, 0.1) is 58.1 Å². The van der Waals surface area contributed by atoms with Crippen molar-refractivity contribution in [2.24, 2.45) is 0 Å². The average Bonchev–Trinajstić information content (AvgIpc) is 1.47. The summed E-state index contributed by atoms with van der Waals surface area (Å²) in [7, 11) is 0. The number of aromatic nitrogens is 4. The van der Waals surface area contributed by atoms with Crippen molar-refractivity contribution in [2.75, 3.05) is 0 Å². The van der Waals surface area contributed by atoms with Gasteiger partial charge in [-0.1, -0.05) is 178 Å². The van der Waals surface area contributed by atoms with Gasteiger partial charge in [0.15, 0.2) is 0 Å². The van der Waals surface area contributed by atoms with Crippen LogP contribution in [0.4, 0.5) is 0 Å². The van der Waals surface area contributed by atoms with Crippen LogP contribution >= 0.6 is 0 Å². The van der Waals surface area contributed by atoms with E-state index >= 15 is 0 Å². The molecule has 9 aromatic carbocycles. The van der Waals surface area contributed by atoms with Crippen LogP contribution in [0, 0.1) is 6.33 Å². The molecule has 3 heterocycles. The minimum Gasteiger partial charge on any atom is -0.458 e. The molecule has 3 aromatic heterocycles. The Morgan fingerprint density at radius 2 is 1.12 bits per heavy atom. The lowest BCUT2D eigenvalue weighted by molar-refractivity contribution is -0.571. The van der Waals surface area contributed by atoms with Crippen molar-refractivity contribution in [1.29, 1.82) is 0 Å². The molecule has 0 atom stereocenters. The second kappa shape index (κ2) is 17.1. The molecule has 5 heteroatoms. The number of benzene rings is 9. The maximum absolute atomic E-state index is 10.1. The zero-order valence-electron chi connectivity index (χ0n) is 55.3. The van der Waals surface area contributed by atoms with Gasteiger partial charge >= 0.3 is 0 Å². The van der Waals surface area contributed by atoms with Crippen LogP contribution in [-0.2, 0) is 5.41 Å². The van der Waals surface area contributed by atoms with E-state index < -0.39 is 137 Å². The van der Waals surface area contributed by atoms with Gasteiger partial charge in [0, 0.05) is 23.0 Å². The Hall–Kier alpha value is -8.80. The van der Waals surface area contributed by atoms with E-state index in [4.69, 9.17) is 27.5 Å². The SMILES string of the molecule is [2H]c1c([2H])c([2H])c(-c2cccc(-c3c([2H])c(-c4c([2H])c([2H])c([2H])c([2H])c4[2H])c([2H])c(-c4c([2H])c([2H])c([2H])c([2H])c4[2H])c3[2H])c2-[n+]2[c-]n(-c3cccc(Oc4ccc5c6ccccc6n(-c6cc(C(C)(C)C)ccn6)c5c4)c3)c3ccccc32)c([2H])c1[2H]. The highest BCUT2D eigenvalue weighted by molar-refractivity contribution is 6.09. The summed E-state index contributed by atoms with van der Waals surface area (Å²) in [6, 6.07) is 22.6. The second-order valence-electron chi connectivity index (χ2n) is 17.2. The fraction of sp³-hybridized carbons (Fsp3) is 0.0625. The molecule has 0 saturated heterocycles. The van der Waals surface area contributed by atoms with Crippen LogP contribution < -0.4 is 9.30 Å². The van der Waals surface area contributed by atoms with Crippen LogP contribution in [0.2, 0.25) is 0 Å².